The summed E-state index contributed by atoms with van der Waals surface area (Å²) in [6.07, 6.45) is -0.811. The molecule has 1 aliphatic heterocycles. The van der Waals surface area contributed by atoms with E-state index in [2.05, 4.69) is 5.32 Å². The maximum atomic E-state index is 11.6. The van der Waals surface area contributed by atoms with E-state index in [4.69, 9.17) is 14.5 Å². The lowest BCUT2D eigenvalue weighted by molar-refractivity contribution is -0.142. The maximum absolute atomic E-state index is 11.6. The zero-order chi connectivity index (χ0) is 15.6. The first-order chi connectivity index (χ1) is 9.80. The van der Waals surface area contributed by atoms with E-state index >= 15 is 0 Å². The van der Waals surface area contributed by atoms with Gasteiger partial charge < -0.3 is 19.8 Å². The van der Waals surface area contributed by atoms with E-state index < -0.39 is 31.8 Å². The minimum Gasteiger partial charge on any atom is -0.445 e. The normalized spacial score (nSPS) is 21.7. The second-order valence-electron chi connectivity index (χ2n) is 4.62. The second-order valence-corrected chi connectivity index (χ2v) is 6.08. The van der Waals surface area contributed by atoms with Crippen molar-refractivity contribution in [2.75, 3.05) is 0 Å². The van der Waals surface area contributed by atoms with Crippen LogP contribution in [0.15, 0.2) is 30.3 Å². The highest BCUT2D eigenvalue weighted by molar-refractivity contribution is 7.50. The van der Waals surface area contributed by atoms with Crippen LogP contribution in [-0.2, 0) is 20.7 Å². The molecule has 1 aliphatic rings. The van der Waals surface area contributed by atoms with Crippen LogP contribution in [0, 0.1) is 0 Å². The minimum absolute atomic E-state index is 0.0458. The van der Waals surface area contributed by atoms with E-state index in [9.17, 15) is 14.2 Å². The number of hydrogen-bond donors (Lipinski definition) is 3. The fourth-order valence-corrected chi connectivity index (χ4v) is 3.04. The van der Waals surface area contributed by atoms with Crippen LogP contribution in [0.3, 0.4) is 0 Å². The highest BCUT2D eigenvalue weighted by atomic mass is 31.2. The van der Waals surface area contributed by atoms with Gasteiger partial charge in [-0.15, -0.1) is 0 Å². The van der Waals surface area contributed by atoms with Crippen LogP contribution in [0.25, 0.3) is 0 Å². The number of nitrogens with one attached hydrogen (secondary N) is 1. The molecule has 1 fully saturated rings. The Bertz CT molecular complexity index is 587. The monoisotopic (exact) mass is 314 g/mol. The average Bonchev–Trinajstić information content (AvgIpc) is 2.42. The van der Waals surface area contributed by atoms with Gasteiger partial charge >= 0.3 is 13.8 Å². The summed E-state index contributed by atoms with van der Waals surface area (Å²) in [6.45, 7) is 1.48. The van der Waals surface area contributed by atoms with Crippen LogP contribution in [-0.4, -0.2) is 38.5 Å². The number of β-lactam (4-membered cyclic amide) rings is 1. The first kappa shape index (κ1) is 15.5. The Morgan fingerprint density at radius 1 is 1.38 bits per heavy atom. The number of carbonyl (C=O) groups excluding carboxylic acids is 2. The molecule has 3 N–H and O–H groups in total. The fourth-order valence-electron chi connectivity index (χ4n) is 2.05. The van der Waals surface area contributed by atoms with Crippen molar-refractivity contribution >= 4 is 19.7 Å². The van der Waals surface area contributed by atoms with Crippen molar-refractivity contribution in [3.8, 4) is 0 Å². The minimum atomic E-state index is -4.63. The lowest BCUT2D eigenvalue weighted by Gasteiger charge is -2.44. The molecule has 114 valence electrons. The summed E-state index contributed by atoms with van der Waals surface area (Å²) < 4.78 is 16.4. The lowest BCUT2D eigenvalue weighted by atomic mass is 10.0. The van der Waals surface area contributed by atoms with E-state index in [0.29, 0.717) is 4.67 Å². The molecular weight excluding hydrogens is 299 g/mol. The van der Waals surface area contributed by atoms with Crippen molar-refractivity contribution in [2.24, 2.45) is 0 Å². The highest BCUT2D eigenvalue weighted by Gasteiger charge is 2.53. The number of rotatable bonds is 4. The quantitative estimate of drug-likeness (QED) is 0.554. The third kappa shape index (κ3) is 3.41. The summed E-state index contributed by atoms with van der Waals surface area (Å²) in [5, 5.41) is 2.29. The van der Waals surface area contributed by atoms with Crippen molar-refractivity contribution in [3.63, 3.8) is 0 Å². The van der Waals surface area contributed by atoms with Crippen molar-refractivity contribution in [3.05, 3.63) is 35.9 Å². The van der Waals surface area contributed by atoms with Gasteiger partial charge in [-0.1, -0.05) is 30.3 Å². The van der Waals surface area contributed by atoms with Gasteiger partial charge in [0.25, 0.3) is 5.91 Å². The average molecular weight is 314 g/mol. The van der Waals surface area contributed by atoms with E-state index in [-0.39, 0.29) is 6.61 Å². The summed E-state index contributed by atoms with van der Waals surface area (Å²) in [7, 11) is -4.63. The van der Waals surface area contributed by atoms with E-state index in [0.717, 1.165) is 5.56 Å². The zero-order valence-corrected chi connectivity index (χ0v) is 12.1. The number of amides is 2. The Labute approximate surface area is 120 Å². The van der Waals surface area contributed by atoms with E-state index in [1.54, 1.807) is 24.3 Å². The van der Waals surface area contributed by atoms with Crippen LogP contribution >= 0.6 is 7.75 Å². The molecule has 1 saturated heterocycles. The molecule has 2 amide bonds. The second kappa shape index (κ2) is 5.85. The third-order valence-electron chi connectivity index (χ3n) is 3.13. The van der Waals surface area contributed by atoms with Crippen molar-refractivity contribution < 1.29 is 28.7 Å². The van der Waals surface area contributed by atoms with Crippen molar-refractivity contribution in [1.29, 1.82) is 0 Å². The predicted octanol–water partition coefficient (Wildman–Crippen LogP) is 0.605. The van der Waals surface area contributed by atoms with Crippen LogP contribution in [0.4, 0.5) is 4.79 Å². The Morgan fingerprint density at radius 3 is 2.52 bits per heavy atom. The molecule has 1 aromatic carbocycles. The topological polar surface area (TPSA) is 116 Å². The van der Waals surface area contributed by atoms with Crippen LogP contribution in [0.5, 0.6) is 0 Å². The van der Waals surface area contributed by atoms with Gasteiger partial charge in [0.2, 0.25) is 0 Å². The number of nitrogens with zero attached hydrogens (tertiary/aromatic N) is 1. The molecule has 0 aromatic heterocycles. The molecule has 2 atom stereocenters. The van der Waals surface area contributed by atoms with E-state index in [1.807, 2.05) is 6.07 Å². The molecule has 2 rings (SSSR count). The Balaban J connectivity index is 1.85. The molecule has 0 bridgehead atoms. The SMILES string of the molecule is C[C@H]1[C@H](NC(=O)OCc2ccccc2)C(=O)N1P(=O)(O)O. The molecule has 0 unspecified atom stereocenters. The molecule has 0 spiro atoms. The zero-order valence-electron chi connectivity index (χ0n) is 11.2. The molecule has 0 aliphatic carbocycles. The summed E-state index contributed by atoms with van der Waals surface area (Å²) in [5.74, 6) is -0.826. The van der Waals surface area contributed by atoms with Gasteiger partial charge in [-0.25, -0.2) is 14.0 Å². The molecular formula is C12H15N2O6P. The van der Waals surface area contributed by atoms with Crippen molar-refractivity contribution in [2.45, 2.75) is 25.6 Å². The Kier molecular flexibility index (Phi) is 4.32. The number of benzene rings is 1. The summed E-state index contributed by atoms with van der Waals surface area (Å²) >= 11 is 0. The molecule has 1 aromatic rings. The molecule has 0 saturated carbocycles. The predicted molar refractivity (Wildman–Crippen MR) is 71.9 cm³/mol. The summed E-state index contributed by atoms with van der Waals surface area (Å²) in [5.41, 5.74) is 0.789. The smallest absolute Gasteiger partial charge is 0.432 e. The molecule has 1 heterocycles. The molecule has 21 heavy (non-hydrogen) atoms. The first-order valence-electron chi connectivity index (χ1n) is 6.17. The Hall–Kier alpha value is -1.89. The fraction of sp³-hybridized carbons (Fsp3) is 0.333. The van der Waals surface area contributed by atoms with Gasteiger partial charge in [-0.3, -0.25) is 4.79 Å². The standard InChI is InChI=1S/C12H15N2O6P/c1-8-10(11(15)14(8)21(17,18)19)13-12(16)20-7-9-5-3-2-4-6-9/h2-6,8,10H,7H2,1H3,(H,13,16)(H2,17,18,19)/t8-,10-/m0/s1. The van der Waals surface area contributed by atoms with Gasteiger partial charge in [0.15, 0.2) is 0 Å². The van der Waals surface area contributed by atoms with Crippen LogP contribution < -0.4 is 5.32 Å². The van der Waals surface area contributed by atoms with Gasteiger partial charge in [0.05, 0.1) is 6.04 Å². The number of alkyl carbamates (subject to hydrolysis) is 1. The first-order valence-corrected chi connectivity index (χ1v) is 7.73. The van der Waals surface area contributed by atoms with Gasteiger partial charge in [-0.05, 0) is 12.5 Å². The molecule has 9 heteroatoms. The van der Waals surface area contributed by atoms with Gasteiger partial charge in [-0.2, -0.15) is 0 Å². The molecule has 0 radical (unpaired) electrons. The summed E-state index contributed by atoms with van der Waals surface area (Å²) in [4.78, 5) is 41.1. The number of hydrogen-bond acceptors (Lipinski definition) is 4. The van der Waals surface area contributed by atoms with Crippen molar-refractivity contribution in [1.82, 2.24) is 9.99 Å². The van der Waals surface area contributed by atoms with Gasteiger partial charge in [0.1, 0.15) is 12.6 Å². The van der Waals surface area contributed by atoms with Crippen LogP contribution in [0.2, 0.25) is 0 Å². The maximum Gasteiger partial charge on any atom is 0.432 e. The van der Waals surface area contributed by atoms with E-state index in [1.165, 1.54) is 6.92 Å². The number of ether oxygens (including phenoxy) is 1. The number of carbonyl (C=O) groups is 2. The summed E-state index contributed by atoms with van der Waals surface area (Å²) in [6, 6.07) is 7.20. The van der Waals surface area contributed by atoms with Gasteiger partial charge in [0, 0.05) is 0 Å². The largest absolute Gasteiger partial charge is 0.445 e. The highest BCUT2D eigenvalue weighted by Crippen LogP contribution is 2.47. The van der Waals surface area contributed by atoms with Crippen LogP contribution in [0.1, 0.15) is 12.5 Å². The lowest BCUT2D eigenvalue weighted by Crippen LogP contribution is -2.68. The third-order valence-corrected chi connectivity index (χ3v) is 4.25. The molecule has 8 nitrogen and oxygen atoms in total. The Morgan fingerprint density at radius 2 is 2.00 bits per heavy atom.